The smallest absolute Gasteiger partial charge is 0.319 e. The number of carbonyl (C=O) groups excluding carboxylic acids is 1. The van der Waals surface area contributed by atoms with E-state index >= 15 is 0 Å². The van der Waals surface area contributed by atoms with Crippen molar-refractivity contribution in [2.75, 3.05) is 23.3 Å². The molecule has 2 aromatic carbocycles. The third kappa shape index (κ3) is 5.13. The van der Waals surface area contributed by atoms with Gasteiger partial charge in [-0.05, 0) is 48.1 Å². The van der Waals surface area contributed by atoms with Crippen LogP contribution in [0.2, 0.25) is 0 Å². The van der Waals surface area contributed by atoms with Gasteiger partial charge in [0.2, 0.25) is 0 Å². The van der Waals surface area contributed by atoms with Crippen molar-refractivity contribution in [3.63, 3.8) is 0 Å². The van der Waals surface area contributed by atoms with Crippen molar-refractivity contribution in [2.24, 2.45) is 0 Å². The Morgan fingerprint density at radius 1 is 0.897 bits per heavy atom. The summed E-state index contributed by atoms with van der Waals surface area (Å²) in [6.45, 7) is 2.60. The summed E-state index contributed by atoms with van der Waals surface area (Å²) in [5.41, 5.74) is 4.12. The Labute approximate surface area is 171 Å². The summed E-state index contributed by atoms with van der Waals surface area (Å²) in [6.07, 6.45) is 5.09. The molecule has 1 aromatic heterocycles. The van der Waals surface area contributed by atoms with Crippen LogP contribution in [0.5, 0.6) is 0 Å². The molecule has 0 spiro atoms. The molecule has 2 heterocycles. The van der Waals surface area contributed by atoms with Gasteiger partial charge in [-0.15, -0.1) is 0 Å². The highest BCUT2D eigenvalue weighted by Gasteiger charge is 2.13. The molecule has 0 radical (unpaired) electrons. The lowest BCUT2D eigenvalue weighted by Crippen LogP contribution is -2.28. The number of amides is 2. The molecule has 5 heteroatoms. The van der Waals surface area contributed by atoms with Crippen LogP contribution in [0.4, 0.5) is 16.3 Å². The van der Waals surface area contributed by atoms with Gasteiger partial charge >= 0.3 is 6.03 Å². The van der Waals surface area contributed by atoms with Gasteiger partial charge < -0.3 is 15.5 Å². The van der Waals surface area contributed by atoms with E-state index in [1.54, 1.807) is 0 Å². The van der Waals surface area contributed by atoms with Crippen LogP contribution in [0.1, 0.15) is 29.5 Å². The van der Waals surface area contributed by atoms with E-state index in [-0.39, 0.29) is 6.03 Å². The number of carbonyl (C=O) groups is 1. The number of rotatable bonds is 6. The van der Waals surface area contributed by atoms with Crippen molar-refractivity contribution < 1.29 is 4.79 Å². The molecule has 0 unspecified atom stereocenters. The molecular weight excluding hydrogens is 360 g/mol. The summed E-state index contributed by atoms with van der Waals surface area (Å²) in [6, 6.07) is 22.0. The van der Waals surface area contributed by atoms with Crippen molar-refractivity contribution in [3.05, 3.63) is 89.6 Å². The molecular formula is C24H26N4O. The molecule has 2 N–H and O–H groups in total. The van der Waals surface area contributed by atoms with Gasteiger partial charge in [-0.2, -0.15) is 0 Å². The molecule has 1 aliphatic heterocycles. The van der Waals surface area contributed by atoms with Crippen molar-refractivity contribution in [1.82, 2.24) is 10.3 Å². The summed E-state index contributed by atoms with van der Waals surface area (Å²) >= 11 is 0. The van der Waals surface area contributed by atoms with Crippen LogP contribution < -0.4 is 15.5 Å². The fraction of sp³-hybridized carbons (Fsp3) is 0.250. The van der Waals surface area contributed by atoms with Crippen molar-refractivity contribution in [1.29, 1.82) is 0 Å². The Morgan fingerprint density at radius 3 is 2.41 bits per heavy atom. The minimum absolute atomic E-state index is 0.214. The first kappa shape index (κ1) is 19.0. The largest absolute Gasteiger partial charge is 0.357 e. The average molecular weight is 386 g/mol. The molecule has 1 saturated heterocycles. The van der Waals surface area contributed by atoms with Gasteiger partial charge in [-0.25, -0.2) is 9.78 Å². The number of pyridine rings is 1. The highest BCUT2D eigenvalue weighted by atomic mass is 16.2. The predicted octanol–water partition coefficient (Wildman–Crippen LogP) is 4.59. The topological polar surface area (TPSA) is 57.3 Å². The molecule has 148 valence electrons. The molecule has 0 saturated carbocycles. The summed E-state index contributed by atoms with van der Waals surface area (Å²) < 4.78 is 0. The maximum Gasteiger partial charge on any atom is 0.319 e. The maximum absolute atomic E-state index is 12.4. The first-order chi connectivity index (χ1) is 14.3. The fourth-order valence-electron chi connectivity index (χ4n) is 3.62. The predicted molar refractivity (Wildman–Crippen MR) is 117 cm³/mol. The monoisotopic (exact) mass is 386 g/mol. The second-order valence-corrected chi connectivity index (χ2v) is 7.35. The second-order valence-electron chi connectivity index (χ2n) is 7.35. The normalized spacial score (nSPS) is 13.3. The molecule has 4 rings (SSSR count). The lowest BCUT2D eigenvalue weighted by molar-refractivity contribution is 0.251. The number of urea groups is 1. The zero-order valence-corrected chi connectivity index (χ0v) is 16.5. The van der Waals surface area contributed by atoms with E-state index in [2.05, 4.69) is 32.7 Å². The second kappa shape index (κ2) is 9.24. The summed E-state index contributed by atoms with van der Waals surface area (Å²) in [5, 5.41) is 5.90. The van der Waals surface area contributed by atoms with Crippen molar-refractivity contribution in [2.45, 2.75) is 25.8 Å². The number of anilines is 2. The number of hydrogen-bond acceptors (Lipinski definition) is 3. The lowest BCUT2D eigenvalue weighted by atomic mass is 10.0. The van der Waals surface area contributed by atoms with Crippen molar-refractivity contribution >= 4 is 17.5 Å². The van der Waals surface area contributed by atoms with E-state index < -0.39 is 0 Å². The minimum Gasteiger partial charge on any atom is -0.357 e. The van der Waals surface area contributed by atoms with E-state index in [0.29, 0.717) is 6.54 Å². The third-order valence-electron chi connectivity index (χ3n) is 5.20. The highest BCUT2D eigenvalue weighted by molar-refractivity contribution is 5.90. The van der Waals surface area contributed by atoms with Gasteiger partial charge in [0.15, 0.2) is 0 Å². The Kier molecular flexibility index (Phi) is 6.05. The number of nitrogens with one attached hydrogen (secondary N) is 2. The van der Waals surface area contributed by atoms with Crippen LogP contribution in [-0.2, 0) is 13.0 Å². The zero-order chi connectivity index (χ0) is 19.9. The van der Waals surface area contributed by atoms with Gasteiger partial charge in [0.1, 0.15) is 5.82 Å². The molecule has 0 aliphatic carbocycles. The maximum atomic E-state index is 12.4. The van der Waals surface area contributed by atoms with E-state index in [4.69, 9.17) is 0 Å². The Hall–Kier alpha value is -3.34. The van der Waals surface area contributed by atoms with Crippen LogP contribution in [0.3, 0.4) is 0 Å². The van der Waals surface area contributed by atoms with E-state index in [9.17, 15) is 4.79 Å². The number of hydrogen-bond donors (Lipinski definition) is 2. The number of aromatic nitrogens is 1. The molecule has 1 aliphatic rings. The van der Waals surface area contributed by atoms with Gasteiger partial charge in [0, 0.05) is 31.5 Å². The molecule has 29 heavy (non-hydrogen) atoms. The van der Waals surface area contributed by atoms with Crippen molar-refractivity contribution in [3.8, 4) is 0 Å². The average Bonchev–Trinajstić information content (AvgIpc) is 3.30. The lowest BCUT2D eigenvalue weighted by Gasteiger charge is -2.16. The quantitative estimate of drug-likeness (QED) is 0.651. The third-order valence-corrected chi connectivity index (χ3v) is 5.20. The first-order valence-corrected chi connectivity index (χ1v) is 10.1. The number of benzene rings is 2. The summed E-state index contributed by atoms with van der Waals surface area (Å²) in [7, 11) is 0. The van der Waals surface area contributed by atoms with Gasteiger partial charge in [0.05, 0.1) is 0 Å². The summed E-state index contributed by atoms with van der Waals surface area (Å²) in [5.74, 6) is 1.02. The SMILES string of the molecule is O=C(NCc1ccc(N2CCCC2)nc1)Nc1ccccc1Cc1ccccc1. The molecule has 1 fully saturated rings. The van der Waals surface area contributed by atoms with Crippen LogP contribution in [-0.4, -0.2) is 24.1 Å². The Balaban J connectivity index is 1.33. The first-order valence-electron chi connectivity index (χ1n) is 10.1. The standard InChI is InChI=1S/C24H26N4O/c29-24(26-18-20-12-13-23(25-17-20)28-14-6-7-15-28)27-22-11-5-4-10-21(22)16-19-8-2-1-3-9-19/h1-5,8-13,17H,6-7,14-16,18H2,(H2,26,27,29). The van der Waals surface area contributed by atoms with Crippen LogP contribution >= 0.6 is 0 Å². The number of para-hydroxylation sites is 1. The van der Waals surface area contributed by atoms with Gasteiger partial charge in [0.25, 0.3) is 0 Å². The zero-order valence-electron chi connectivity index (χ0n) is 16.5. The fourth-order valence-corrected chi connectivity index (χ4v) is 3.62. The minimum atomic E-state index is -0.214. The molecule has 5 nitrogen and oxygen atoms in total. The van der Waals surface area contributed by atoms with E-state index in [1.807, 2.05) is 60.8 Å². The molecule has 0 atom stereocenters. The van der Waals surface area contributed by atoms with Crippen LogP contribution in [0.15, 0.2) is 72.9 Å². The van der Waals surface area contributed by atoms with Gasteiger partial charge in [-0.1, -0.05) is 54.6 Å². The molecule has 0 bridgehead atoms. The van der Waals surface area contributed by atoms with E-state index in [1.165, 1.54) is 18.4 Å². The molecule has 3 aromatic rings. The van der Waals surface area contributed by atoms with E-state index in [0.717, 1.165) is 42.1 Å². The highest BCUT2D eigenvalue weighted by Crippen LogP contribution is 2.19. The van der Waals surface area contributed by atoms with Crippen LogP contribution in [0, 0.1) is 0 Å². The summed E-state index contributed by atoms with van der Waals surface area (Å²) in [4.78, 5) is 19.3. The number of nitrogens with zero attached hydrogens (tertiary/aromatic N) is 2. The van der Waals surface area contributed by atoms with Gasteiger partial charge in [-0.3, -0.25) is 0 Å². The van der Waals surface area contributed by atoms with Crippen LogP contribution in [0.25, 0.3) is 0 Å². The molecule has 2 amide bonds. The Morgan fingerprint density at radius 2 is 1.66 bits per heavy atom. The Bertz CT molecular complexity index is 935.